The Morgan fingerprint density at radius 1 is 1.07 bits per heavy atom. The Bertz CT molecular complexity index is 1150. The van der Waals surface area contributed by atoms with E-state index in [-0.39, 0.29) is 44.4 Å². The lowest BCUT2D eigenvalue weighted by atomic mass is 10.0. The fraction of sp³-hybridized carbons (Fsp3) is 0.158. The molecule has 0 bridgehead atoms. The Morgan fingerprint density at radius 2 is 1.76 bits per heavy atom. The molecule has 0 atom stereocenters. The molecule has 0 aliphatic carbocycles. The summed E-state index contributed by atoms with van der Waals surface area (Å²) in [5.41, 5.74) is 7.07. The van der Waals surface area contributed by atoms with Crippen LogP contribution in [0.25, 0.3) is 10.9 Å². The molecule has 0 aliphatic rings. The number of nitrogen functional groups attached to an aromatic ring is 1. The van der Waals surface area contributed by atoms with Crippen molar-refractivity contribution in [1.29, 1.82) is 0 Å². The Hall–Kier alpha value is -2.61. The highest BCUT2D eigenvalue weighted by molar-refractivity contribution is 6.46. The quantitative estimate of drug-likeness (QED) is 0.453. The van der Waals surface area contributed by atoms with Gasteiger partial charge in [-0.2, -0.15) is 0 Å². The number of carbonyl (C=O) groups excluding carboxylic acids is 2. The van der Waals surface area contributed by atoms with Gasteiger partial charge in [0.2, 0.25) is 0 Å². The van der Waals surface area contributed by atoms with Crippen molar-refractivity contribution in [2.75, 3.05) is 12.8 Å². The first-order chi connectivity index (χ1) is 13.8. The summed E-state index contributed by atoms with van der Waals surface area (Å²) in [6.07, 6.45) is 0. The molecule has 7 nitrogen and oxygen atoms in total. The maximum atomic E-state index is 12.5. The third-order valence-corrected chi connectivity index (χ3v) is 5.36. The van der Waals surface area contributed by atoms with E-state index < -0.39 is 11.9 Å². The molecule has 0 aliphatic heterocycles. The van der Waals surface area contributed by atoms with Crippen molar-refractivity contribution in [2.45, 2.75) is 13.5 Å². The lowest BCUT2D eigenvalue weighted by Crippen LogP contribution is -2.15. The fourth-order valence-electron chi connectivity index (χ4n) is 2.79. The van der Waals surface area contributed by atoms with Crippen molar-refractivity contribution in [3.63, 3.8) is 0 Å². The number of carbonyl (C=O) groups is 2. The van der Waals surface area contributed by atoms with Crippen molar-refractivity contribution in [3.05, 3.63) is 62.0 Å². The average Bonchev–Trinajstić information content (AvgIpc) is 2.72. The number of esters is 2. The van der Waals surface area contributed by atoms with Gasteiger partial charge in [-0.3, -0.25) is 0 Å². The van der Waals surface area contributed by atoms with Crippen LogP contribution in [0.15, 0.2) is 24.3 Å². The minimum absolute atomic E-state index is 0.0620. The summed E-state index contributed by atoms with van der Waals surface area (Å²) in [5.74, 6) is -1.49. The third-order valence-electron chi connectivity index (χ3n) is 4.22. The molecule has 0 fully saturated rings. The van der Waals surface area contributed by atoms with Crippen LogP contribution in [0.5, 0.6) is 0 Å². The molecule has 1 aromatic carbocycles. The summed E-state index contributed by atoms with van der Waals surface area (Å²) in [7, 11) is 1.26. The van der Waals surface area contributed by atoms with E-state index in [1.807, 2.05) is 18.2 Å². The molecular weight excluding hydrogens is 441 g/mol. The van der Waals surface area contributed by atoms with Crippen molar-refractivity contribution in [3.8, 4) is 0 Å². The van der Waals surface area contributed by atoms with E-state index in [9.17, 15) is 9.59 Å². The number of methoxy groups -OCH3 is 1. The first kappa shape index (κ1) is 21.1. The Morgan fingerprint density at radius 3 is 2.45 bits per heavy atom. The van der Waals surface area contributed by atoms with E-state index in [0.29, 0.717) is 11.1 Å². The van der Waals surface area contributed by atoms with Gasteiger partial charge in [-0.25, -0.2) is 19.6 Å². The van der Waals surface area contributed by atoms with Gasteiger partial charge < -0.3 is 15.2 Å². The van der Waals surface area contributed by atoms with Gasteiger partial charge in [-0.1, -0.05) is 53.0 Å². The second-order valence-electron chi connectivity index (χ2n) is 5.94. The number of benzene rings is 1. The van der Waals surface area contributed by atoms with Crippen molar-refractivity contribution >= 4 is 63.3 Å². The van der Waals surface area contributed by atoms with Crippen molar-refractivity contribution in [2.24, 2.45) is 0 Å². The van der Waals surface area contributed by atoms with Gasteiger partial charge >= 0.3 is 11.9 Å². The number of para-hydroxylation sites is 1. The van der Waals surface area contributed by atoms with Gasteiger partial charge in [0, 0.05) is 5.39 Å². The molecule has 10 heteroatoms. The Balaban J connectivity index is 1.99. The number of hydrogen-bond donors (Lipinski definition) is 1. The molecular formula is C19H14Cl3N3O4. The van der Waals surface area contributed by atoms with Gasteiger partial charge in [0.25, 0.3) is 0 Å². The molecule has 3 aromatic rings. The van der Waals surface area contributed by atoms with Crippen LogP contribution in [0.4, 0.5) is 5.69 Å². The first-order valence-electron chi connectivity index (χ1n) is 8.19. The van der Waals surface area contributed by atoms with Crippen molar-refractivity contribution in [1.82, 2.24) is 9.97 Å². The molecule has 2 N–H and O–H groups in total. The van der Waals surface area contributed by atoms with Crippen LogP contribution in [-0.4, -0.2) is 29.0 Å². The number of aromatic nitrogens is 2. The van der Waals surface area contributed by atoms with Gasteiger partial charge in [-0.15, -0.1) is 0 Å². The minimum atomic E-state index is -0.899. The van der Waals surface area contributed by atoms with Gasteiger partial charge in [0.1, 0.15) is 11.6 Å². The zero-order valence-electron chi connectivity index (χ0n) is 15.3. The van der Waals surface area contributed by atoms with Crippen LogP contribution < -0.4 is 5.73 Å². The zero-order valence-corrected chi connectivity index (χ0v) is 17.5. The third kappa shape index (κ3) is 3.94. The number of nitrogens with zero attached hydrogens (tertiary/aromatic N) is 2. The Labute approximate surface area is 180 Å². The first-order valence-corrected chi connectivity index (χ1v) is 9.33. The normalized spacial score (nSPS) is 10.8. The van der Waals surface area contributed by atoms with E-state index in [4.69, 9.17) is 50.0 Å². The molecule has 2 aromatic heterocycles. The predicted octanol–water partition coefficient (Wildman–Crippen LogP) is 4.62. The highest BCUT2D eigenvalue weighted by atomic mass is 35.5. The smallest absolute Gasteiger partial charge is 0.359 e. The van der Waals surface area contributed by atoms with E-state index in [2.05, 4.69) is 9.97 Å². The summed E-state index contributed by atoms with van der Waals surface area (Å²) in [4.78, 5) is 33.1. The standard InChI is InChI=1S/C19H14Cl3N3O4/c1-8-9-5-3-4-6-10(9)24-11(12(8)18(26)28-2)7-29-19(27)16-13(20)15(23)14(21)17(22)25-16/h3-6H,7H2,1-2H3,(H2,23,25). The summed E-state index contributed by atoms with van der Waals surface area (Å²) in [6, 6.07) is 7.26. The monoisotopic (exact) mass is 453 g/mol. The average molecular weight is 455 g/mol. The molecule has 0 radical (unpaired) electrons. The molecule has 0 unspecified atom stereocenters. The number of pyridine rings is 2. The van der Waals surface area contributed by atoms with Crippen LogP contribution in [0.1, 0.15) is 32.1 Å². The van der Waals surface area contributed by atoms with Crippen LogP contribution in [0.3, 0.4) is 0 Å². The van der Waals surface area contributed by atoms with Crippen molar-refractivity contribution < 1.29 is 19.1 Å². The number of aryl methyl sites for hydroxylation is 1. The zero-order chi connectivity index (χ0) is 21.3. The minimum Gasteiger partial charge on any atom is -0.465 e. The van der Waals surface area contributed by atoms with Crippen LogP contribution >= 0.6 is 34.8 Å². The topological polar surface area (TPSA) is 104 Å². The van der Waals surface area contributed by atoms with Gasteiger partial charge in [0.15, 0.2) is 10.8 Å². The lowest BCUT2D eigenvalue weighted by molar-refractivity contribution is 0.0449. The van der Waals surface area contributed by atoms with E-state index in [1.54, 1.807) is 13.0 Å². The maximum Gasteiger partial charge on any atom is 0.359 e. The number of nitrogens with two attached hydrogens (primary N) is 1. The number of anilines is 1. The summed E-state index contributed by atoms with van der Waals surface area (Å²) in [6.45, 7) is 1.44. The number of hydrogen-bond acceptors (Lipinski definition) is 7. The van der Waals surface area contributed by atoms with E-state index in [0.717, 1.165) is 5.39 Å². The number of rotatable bonds is 4. The largest absolute Gasteiger partial charge is 0.465 e. The molecule has 29 heavy (non-hydrogen) atoms. The number of halogens is 3. The summed E-state index contributed by atoms with van der Waals surface area (Å²) in [5, 5.41) is 0.355. The number of ether oxygens (including phenoxy) is 2. The molecule has 3 rings (SSSR count). The predicted molar refractivity (Wildman–Crippen MR) is 111 cm³/mol. The summed E-state index contributed by atoms with van der Waals surface area (Å²) >= 11 is 17.8. The van der Waals surface area contributed by atoms with Crippen LogP contribution in [0.2, 0.25) is 15.2 Å². The SMILES string of the molecule is COC(=O)c1c(COC(=O)c2nc(Cl)c(Cl)c(N)c2Cl)nc2ccccc2c1C. The summed E-state index contributed by atoms with van der Waals surface area (Å²) < 4.78 is 10.1. The second kappa shape index (κ2) is 8.41. The van der Waals surface area contributed by atoms with Crippen LogP contribution in [0, 0.1) is 6.92 Å². The Kier molecular flexibility index (Phi) is 6.12. The number of fused-ring (bicyclic) bond motifs is 1. The lowest BCUT2D eigenvalue weighted by Gasteiger charge is -2.14. The molecule has 2 heterocycles. The molecule has 150 valence electrons. The molecule has 0 saturated heterocycles. The molecule has 0 spiro atoms. The van der Waals surface area contributed by atoms with E-state index >= 15 is 0 Å². The van der Waals surface area contributed by atoms with Crippen LogP contribution in [-0.2, 0) is 16.1 Å². The highest BCUT2D eigenvalue weighted by Crippen LogP contribution is 2.34. The molecule has 0 saturated carbocycles. The fourth-order valence-corrected chi connectivity index (χ4v) is 3.37. The van der Waals surface area contributed by atoms with Gasteiger partial charge in [-0.05, 0) is 18.6 Å². The second-order valence-corrected chi connectivity index (χ2v) is 7.05. The molecule has 0 amide bonds. The van der Waals surface area contributed by atoms with E-state index in [1.165, 1.54) is 7.11 Å². The highest BCUT2D eigenvalue weighted by Gasteiger charge is 2.24. The van der Waals surface area contributed by atoms with Gasteiger partial charge in [0.05, 0.1) is 34.6 Å². The maximum absolute atomic E-state index is 12.5.